The number of β-amino-alcohol motifs (C(OH)–C–C–N with tert-alkyl or cyclic N) is 1. The van der Waals surface area contributed by atoms with E-state index in [1.165, 1.54) is 23.1 Å². The summed E-state index contributed by atoms with van der Waals surface area (Å²) < 4.78 is 44.1. The number of carbonyl (C=O) groups excluding carboxylic acids is 1. The van der Waals surface area contributed by atoms with Crippen LogP contribution in [0.2, 0.25) is 0 Å². The Balaban J connectivity index is 1.93. The molecular weight excluding hydrogens is 486 g/mol. The molecule has 1 unspecified atom stereocenters. The Labute approximate surface area is 173 Å². The highest BCUT2D eigenvalue weighted by Crippen LogP contribution is 2.37. The number of halogens is 4. The van der Waals surface area contributed by atoms with Crippen LogP contribution in [0.15, 0.2) is 24.3 Å². The topological polar surface area (TPSA) is 78.6 Å². The third kappa shape index (κ3) is 3.70. The minimum absolute atomic E-state index is 0.0230. The van der Waals surface area contributed by atoms with Gasteiger partial charge in [0.25, 0.3) is 0 Å². The molecule has 3 rings (SSSR count). The summed E-state index contributed by atoms with van der Waals surface area (Å²) in [4.78, 5) is 12.9. The quantitative estimate of drug-likeness (QED) is 0.414. The first kappa shape index (κ1) is 20.9. The monoisotopic (exact) mass is 505 g/mol. The van der Waals surface area contributed by atoms with Gasteiger partial charge in [0.05, 0.1) is 30.2 Å². The maximum absolute atomic E-state index is 14.7. The van der Waals surface area contributed by atoms with E-state index in [0.29, 0.717) is 16.3 Å². The van der Waals surface area contributed by atoms with Crippen molar-refractivity contribution in [3.8, 4) is 0 Å². The SMILES string of the molecule is CCC(N)C1(O)CN(c2cc(C=O)c(Nc3ccc(I)cc3F)c(F)c2F)C1. The first-order valence-corrected chi connectivity index (χ1v) is 9.70. The maximum Gasteiger partial charge on any atom is 0.185 e. The van der Waals surface area contributed by atoms with Gasteiger partial charge < -0.3 is 21.1 Å². The van der Waals surface area contributed by atoms with Gasteiger partial charge in [0.15, 0.2) is 17.9 Å². The largest absolute Gasteiger partial charge is 0.385 e. The number of hydrogen-bond donors (Lipinski definition) is 3. The molecule has 2 aromatic carbocycles. The van der Waals surface area contributed by atoms with Gasteiger partial charge in [0.2, 0.25) is 0 Å². The van der Waals surface area contributed by atoms with E-state index in [0.717, 1.165) is 0 Å². The lowest BCUT2D eigenvalue weighted by Gasteiger charge is -2.50. The fourth-order valence-corrected chi connectivity index (χ4v) is 3.66. The van der Waals surface area contributed by atoms with Crippen LogP contribution in [0.3, 0.4) is 0 Å². The second kappa shape index (κ2) is 7.88. The zero-order valence-corrected chi connectivity index (χ0v) is 17.1. The summed E-state index contributed by atoms with van der Waals surface area (Å²) in [6.45, 7) is 1.87. The number of nitrogens with two attached hydrogens (primary N) is 1. The van der Waals surface area contributed by atoms with Gasteiger partial charge >= 0.3 is 0 Å². The molecule has 150 valence electrons. The number of nitrogens with one attached hydrogen (secondary N) is 1. The molecule has 2 aromatic rings. The van der Waals surface area contributed by atoms with Crippen molar-refractivity contribution in [2.45, 2.75) is 25.0 Å². The third-order valence-electron chi connectivity index (χ3n) is 4.94. The van der Waals surface area contributed by atoms with Crippen LogP contribution in [0.1, 0.15) is 23.7 Å². The van der Waals surface area contributed by atoms with Crippen molar-refractivity contribution >= 4 is 45.9 Å². The Hall–Kier alpha value is -1.85. The summed E-state index contributed by atoms with van der Waals surface area (Å²) in [6, 6.07) is 4.87. The lowest BCUT2D eigenvalue weighted by molar-refractivity contribution is -0.0134. The van der Waals surface area contributed by atoms with E-state index in [-0.39, 0.29) is 30.0 Å². The van der Waals surface area contributed by atoms with Crippen LogP contribution < -0.4 is 16.0 Å². The van der Waals surface area contributed by atoms with Gasteiger partial charge in [-0.25, -0.2) is 13.2 Å². The number of aliphatic hydroxyl groups is 1. The molecule has 9 heteroatoms. The summed E-state index contributed by atoms with van der Waals surface area (Å²) in [5, 5.41) is 12.9. The fourth-order valence-electron chi connectivity index (χ4n) is 3.21. The first-order valence-electron chi connectivity index (χ1n) is 8.62. The van der Waals surface area contributed by atoms with Crippen molar-refractivity contribution in [1.82, 2.24) is 0 Å². The van der Waals surface area contributed by atoms with Crippen LogP contribution >= 0.6 is 22.6 Å². The van der Waals surface area contributed by atoms with Crippen molar-refractivity contribution in [3.63, 3.8) is 0 Å². The molecule has 0 saturated carbocycles. The first-order chi connectivity index (χ1) is 13.2. The molecule has 4 N–H and O–H groups in total. The molecule has 0 amide bonds. The minimum atomic E-state index is -1.30. The van der Waals surface area contributed by atoms with Gasteiger partial charge in [-0.1, -0.05) is 6.92 Å². The standard InChI is InChI=1S/C19H19F3IN3O2/c1-2-15(24)19(28)8-26(9-19)14-5-10(7-27)18(17(22)16(14)21)25-13-4-3-11(23)6-12(13)20/h3-7,15,25,28H,2,8-9,24H2,1H3. The van der Waals surface area contributed by atoms with Crippen molar-refractivity contribution in [3.05, 3.63) is 50.9 Å². The molecular formula is C19H19F3IN3O2. The lowest BCUT2D eigenvalue weighted by Crippen LogP contribution is -2.70. The third-order valence-corrected chi connectivity index (χ3v) is 5.61. The smallest absolute Gasteiger partial charge is 0.185 e. The Kier molecular flexibility index (Phi) is 5.87. The molecule has 1 aliphatic heterocycles. The summed E-state index contributed by atoms with van der Waals surface area (Å²) in [5.74, 6) is -3.15. The molecule has 1 atom stereocenters. The predicted molar refractivity (Wildman–Crippen MR) is 110 cm³/mol. The Bertz CT molecular complexity index is 920. The van der Waals surface area contributed by atoms with E-state index in [1.54, 1.807) is 6.07 Å². The normalized spacial score (nSPS) is 16.5. The molecule has 0 aliphatic carbocycles. The maximum atomic E-state index is 14.7. The van der Waals surface area contributed by atoms with E-state index < -0.39 is 34.8 Å². The fraction of sp³-hybridized carbons (Fsp3) is 0.316. The second-order valence-corrected chi connectivity index (χ2v) is 8.07. The van der Waals surface area contributed by atoms with Crippen molar-refractivity contribution in [2.24, 2.45) is 5.73 Å². The molecule has 0 aromatic heterocycles. The van der Waals surface area contributed by atoms with Crippen LogP contribution in [-0.2, 0) is 0 Å². The predicted octanol–water partition coefficient (Wildman–Crippen LogP) is 3.55. The van der Waals surface area contributed by atoms with Gasteiger partial charge in [0, 0.05) is 15.2 Å². The number of anilines is 3. The Morgan fingerprint density at radius 3 is 2.57 bits per heavy atom. The van der Waals surface area contributed by atoms with Crippen LogP contribution in [0.4, 0.5) is 30.2 Å². The highest BCUT2D eigenvalue weighted by Gasteiger charge is 2.46. The van der Waals surface area contributed by atoms with Gasteiger partial charge in [-0.05, 0) is 53.3 Å². The average molecular weight is 505 g/mol. The molecule has 28 heavy (non-hydrogen) atoms. The molecule has 1 heterocycles. The Morgan fingerprint density at radius 1 is 1.32 bits per heavy atom. The number of benzene rings is 2. The molecule has 0 spiro atoms. The lowest BCUT2D eigenvalue weighted by atomic mass is 9.84. The number of hydrogen-bond acceptors (Lipinski definition) is 5. The van der Waals surface area contributed by atoms with Gasteiger partial charge in [-0.3, -0.25) is 4.79 Å². The average Bonchev–Trinajstić information content (AvgIpc) is 2.64. The van der Waals surface area contributed by atoms with Gasteiger partial charge in [-0.2, -0.15) is 0 Å². The van der Waals surface area contributed by atoms with E-state index >= 15 is 0 Å². The van der Waals surface area contributed by atoms with Crippen LogP contribution in [0.25, 0.3) is 0 Å². The van der Waals surface area contributed by atoms with Crippen molar-refractivity contribution < 1.29 is 23.1 Å². The highest BCUT2D eigenvalue weighted by molar-refractivity contribution is 14.1. The molecule has 5 nitrogen and oxygen atoms in total. The summed E-state index contributed by atoms with van der Waals surface area (Å²) >= 11 is 1.92. The van der Waals surface area contributed by atoms with Crippen molar-refractivity contribution in [2.75, 3.05) is 23.3 Å². The Morgan fingerprint density at radius 2 is 2.00 bits per heavy atom. The van der Waals surface area contributed by atoms with Gasteiger partial charge in [-0.15, -0.1) is 0 Å². The van der Waals surface area contributed by atoms with E-state index in [4.69, 9.17) is 5.73 Å². The number of carbonyl (C=O) groups is 1. The second-order valence-electron chi connectivity index (χ2n) is 6.83. The van der Waals surface area contributed by atoms with E-state index in [1.807, 2.05) is 29.5 Å². The van der Waals surface area contributed by atoms with E-state index in [2.05, 4.69) is 5.32 Å². The zero-order valence-electron chi connectivity index (χ0n) is 15.0. The molecule has 1 fully saturated rings. The minimum Gasteiger partial charge on any atom is -0.385 e. The highest BCUT2D eigenvalue weighted by atomic mass is 127. The van der Waals surface area contributed by atoms with Crippen LogP contribution in [-0.4, -0.2) is 36.1 Å². The summed E-state index contributed by atoms with van der Waals surface area (Å²) in [5.41, 5.74) is 3.83. The van der Waals surface area contributed by atoms with E-state index in [9.17, 15) is 23.1 Å². The number of rotatable bonds is 6. The molecule has 0 bridgehead atoms. The molecule has 1 aliphatic rings. The van der Waals surface area contributed by atoms with Gasteiger partial charge in [0.1, 0.15) is 11.4 Å². The number of nitrogens with zero attached hydrogens (tertiary/aromatic N) is 1. The van der Waals surface area contributed by atoms with Crippen LogP contribution in [0, 0.1) is 21.0 Å². The number of aldehydes is 1. The molecule has 0 radical (unpaired) electrons. The summed E-state index contributed by atoms with van der Waals surface area (Å²) in [6.07, 6.45) is 0.897. The van der Waals surface area contributed by atoms with Crippen LogP contribution in [0.5, 0.6) is 0 Å². The molecule has 1 saturated heterocycles. The van der Waals surface area contributed by atoms with Crippen molar-refractivity contribution in [1.29, 1.82) is 0 Å². The zero-order chi connectivity index (χ0) is 20.6. The summed E-state index contributed by atoms with van der Waals surface area (Å²) in [7, 11) is 0.